The molecule has 2 N–H and O–H groups in total. The zero-order chi connectivity index (χ0) is 23.8. The number of hydrogen-bond acceptors (Lipinski definition) is 3. The largest absolute Gasteiger partial charge is 0.507 e. The number of hydrogen-bond donors (Lipinski definition) is 2. The summed E-state index contributed by atoms with van der Waals surface area (Å²) in [6, 6.07) is 24.5. The average molecular weight is 469 g/mol. The zero-order valence-electron chi connectivity index (χ0n) is 18.9. The van der Waals surface area contributed by atoms with Crippen LogP contribution in [0, 0.1) is 12.3 Å². The van der Waals surface area contributed by atoms with Gasteiger partial charge in [-0.2, -0.15) is 0 Å². The number of nitrogens with zero attached hydrogens (tertiary/aromatic N) is 1. The maximum Gasteiger partial charge on any atom is 0.161 e. The third-order valence-corrected chi connectivity index (χ3v) is 6.77. The van der Waals surface area contributed by atoms with Crippen LogP contribution in [-0.2, 0) is 4.79 Å². The highest BCUT2D eigenvalue weighted by Gasteiger charge is 2.43. The van der Waals surface area contributed by atoms with Gasteiger partial charge in [-0.3, -0.25) is 15.1 Å². The number of Topliss-reactive ketones (excluding diaryl/α,β-unsaturated/α-hetero) is 1. The second-order valence-corrected chi connectivity index (χ2v) is 9.21. The van der Waals surface area contributed by atoms with Gasteiger partial charge in [-0.15, -0.1) is 0 Å². The van der Waals surface area contributed by atoms with Gasteiger partial charge in [-0.1, -0.05) is 77.8 Å². The molecule has 3 aromatic carbocycles. The van der Waals surface area contributed by atoms with Crippen LogP contribution in [0.5, 0.6) is 0 Å². The van der Waals surface area contributed by atoms with E-state index < -0.39 is 5.92 Å². The number of aliphatic hydroxyl groups is 1. The first-order valence-corrected chi connectivity index (χ1v) is 11.8. The van der Waals surface area contributed by atoms with E-state index in [0.717, 1.165) is 23.2 Å². The average Bonchev–Trinajstić information content (AvgIpc) is 2.84. The minimum absolute atomic E-state index is 0.00752. The third kappa shape index (κ3) is 3.84. The highest BCUT2D eigenvalue weighted by atomic mass is 35.5. The summed E-state index contributed by atoms with van der Waals surface area (Å²) in [6.07, 6.45) is 1.86. The number of anilines is 1. The second kappa shape index (κ2) is 8.96. The van der Waals surface area contributed by atoms with Crippen LogP contribution in [0.2, 0.25) is 5.02 Å². The normalized spacial score (nSPS) is 19.8. The molecule has 0 fully saturated rings. The molecule has 1 aliphatic heterocycles. The topological polar surface area (TPSA) is 64.4 Å². The lowest BCUT2D eigenvalue weighted by molar-refractivity contribution is -0.116. The number of allylic oxidation sites excluding steroid dienone is 2. The van der Waals surface area contributed by atoms with Crippen LogP contribution in [0.4, 0.5) is 5.69 Å². The van der Waals surface area contributed by atoms with Crippen molar-refractivity contribution in [2.24, 2.45) is 0 Å². The van der Waals surface area contributed by atoms with E-state index in [1.807, 2.05) is 73.7 Å². The van der Waals surface area contributed by atoms with E-state index in [-0.39, 0.29) is 17.4 Å². The highest BCUT2D eigenvalue weighted by Crippen LogP contribution is 2.48. The minimum Gasteiger partial charge on any atom is -0.507 e. The molecule has 0 spiro atoms. The molecule has 4 nitrogen and oxygen atoms in total. The molecule has 2 aliphatic rings. The van der Waals surface area contributed by atoms with E-state index in [2.05, 4.69) is 0 Å². The van der Waals surface area contributed by atoms with Crippen molar-refractivity contribution in [3.63, 3.8) is 0 Å². The summed E-state index contributed by atoms with van der Waals surface area (Å²) in [6.45, 7) is 2.02. The van der Waals surface area contributed by atoms with Crippen molar-refractivity contribution in [3.8, 4) is 0 Å². The molecule has 0 bridgehead atoms. The van der Waals surface area contributed by atoms with Gasteiger partial charge in [0.15, 0.2) is 5.78 Å². The lowest BCUT2D eigenvalue weighted by atomic mass is 9.73. The Balaban J connectivity index is 1.83. The number of rotatable bonds is 3. The Kier molecular flexibility index (Phi) is 5.84. The van der Waals surface area contributed by atoms with Crippen molar-refractivity contribution in [1.29, 1.82) is 5.41 Å². The summed E-state index contributed by atoms with van der Waals surface area (Å²) in [5.74, 6) is -0.299. The van der Waals surface area contributed by atoms with Crippen LogP contribution in [0.15, 0.2) is 95.7 Å². The fourth-order valence-electron chi connectivity index (χ4n) is 4.94. The summed E-state index contributed by atoms with van der Waals surface area (Å²) in [5, 5.41) is 21.4. The van der Waals surface area contributed by atoms with Gasteiger partial charge < -0.3 is 5.11 Å². The molecule has 170 valence electrons. The third-order valence-electron chi connectivity index (χ3n) is 6.53. The number of aliphatic hydroxyl groups excluding tert-OH is 1. The van der Waals surface area contributed by atoms with E-state index in [1.54, 1.807) is 17.0 Å². The van der Waals surface area contributed by atoms with E-state index in [0.29, 0.717) is 40.3 Å². The number of halogens is 1. The molecule has 3 aromatic rings. The molecule has 5 heteroatoms. The van der Waals surface area contributed by atoms with Crippen LogP contribution in [0.1, 0.15) is 41.9 Å². The quantitative estimate of drug-likeness (QED) is 0.399. The smallest absolute Gasteiger partial charge is 0.161 e. The summed E-state index contributed by atoms with van der Waals surface area (Å²) in [7, 11) is 0. The molecule has 0 saturated carbocycles. The first-order valence-electron chi connectivity index (χ1n) is 11.4. The molecular weight excluding hydrogens is 444 g/mol. The molecule has 0 saturated heterocycles. The minimum atomic E-state index is -0.522. The van der Waals surface area contributed by atoms with Crippen LogP contribution in [0.25, 0.3) is 5.76 Å². The van der Waals surface area contributed by atoms with Crippen molar-refractivity contribution in [1.82, 2.24) is 0 Å². The molecule has 0 radical (unpaired) electrons. The van der Waals surface area contributed by atoms with Crippen LogP contribution in [0.3, 0.4) is 0 Å². The number of nitrogens with one attached hydrogen (secondary N) is 1. The van der Waals surface area contributed by atoms with Crippen molar-refractivity contribution in [2.75, 3.05) is 4.90 Å². The van der Waals surface area contributed by atoms with Crippen LogP contribution < -0.4 is 4.90 Å². The SMILES string of the molecule is Cc1ccc(C2C(=C(O)c3ccccc3)C(=N)N(c3cccc(Cl)c3)C3=C2C(=O)CCC3)cc1. The Hall–Kier alpha value is -3.63. The van der Waals surface area contributed by atoms with Gasteiger partial charge in [0.25, 0.3) is 0 Å². The van der Waals surface area contributed by atoms with Gasteiger partial charge in [0.1, 0.15) is 11.6 Å². The van der Waals surface area contributed by atoms with E-state index >= 15 is 0 Å². The molecule has 1 unspecified atom stereocenters. The number of amidine groups is 1. The highest BCUT2D eigenvalue weighted by molar-refractivity contribution is 6.31. The van der Waals surface area contributed by atoms with E-state index in [9.17, 15) is 15.3 Å². The Bertz CT molecular complexity index is 1340. The predicted molar refractivity (Wildman–Crippen MR) is 137 cm³/mol. The molecule has 5 rings (SSSR count). The van der Waals surface area contributed by atoms with Gasteiger partial charge in [-0.05, 0) is 43.5 Å². The summed E-state index contributed by atoms with van der Waals surface area (Å²) < 4.78 is 0. The monoisotopic (exact) mass is 468 g/mol. The first-order chi connectivity index (χ1) is 16.5. The standard InChI is InChI=1S/C29H25ClN2O2/c1-18-13-15-19(16-14-18)25-26-23(11-6-12-24(26)33)32(22-10-5-9-21(30)17-22)29(31)27(25)28(34)20-7-3-2-4-8-20/h2-5,7-10,13-17,25,31,34H,6,11-12H2,1H3. The Morgan fingerprint density at radius 1 is 1.00 bits per heavy atom. The molecule has 34 heavy (non-hydrogen) atoms. The van der Waals surface area contributed by atoms with E-state index in [4.69, 9.17) is 11.6 Å². The van der Waals surface area contributed by atoms with Gasteiger partial charge in [0.2, 0.25) is 0 Å². The Morgan fingerprint density at radius 2 is 1.74 bits per heavy atom. The number of carbonyl (C=O) groups excluding carboxylic acids is 1. The molecule has 0 amide bonds. The van der Waals surface area contributed by atoms with Gasteiger partial charge in [-0.25, -0.2) is 0 Å². The predicted octanol–water partition coefficient (Wildman–Crippen LogP) is 7.21. The van der Waals surface area contributed by atoms with E-state index in [1.165, 1.54) is 0 Å². The Labute approximate surface area is 204 Å². The van der Waals surface area contributed by atoms with Crippen molar-refractivity contribution in [2.45, 2.75) is 32.1 Å². The van der Waals surface area contributed by atoms with Crippen LogP contribution >= 0.6 is 11.6 Å². The summed E-state index contributed by atoms with van der Waals surface area (Å²) in [4.78, 5) is 15.2. The second-order valence-electron chi connectivity index (χ2n) is 8.77. The maximum atomic E-state index is 13.4. The fraction of sp³-hybridized carbons (Fsp3) is 0.172. The van der Waals surface area contributed by atoms with Crippen molar-refractivity contribution >= 4 is 34.7 Å². The molecule has 1 aliphatic carbocycles. The summed E-state index contributed by atoms with van der Waals surface area (Å²) >= 11 is 6.31. The van der Waals surface area contributed by atoms with Crippen LogP contribution in [-0.4, -0.2) is 16.7 Å². The number of carbonyl (C=O) groups is 1. The van der Waals surface area contributed by atoms with Gasteiger partial charge in [0, 0.05) is 45.5 Å². The van der Waals surface area contributed by atoms with Crippen molar-refractivity contribution in [3.05, 3.63) is 117 Å². The van der Waals surface area contributed by atoms with Gasteiger partial charge >= 0.3 is 0 Å². The molecular formula is C29H25ClN2O2. The van der Waals surface area contributed by atoms with Gasteiger partial charge in [0.05, 0.1) is 0 Å². The Morgan fingerprint density at radius 3 is 2.44 bits per heavy atom. The first kappa shape index (κ1) is 22.2. The lowest BCUT2D eigenvalue weighted by Crippen LogP contribution is -2.42. The molecule has 1 atom stereocenters. The molecule has 0 aromatic heterocycles. The number of aryl methyl sites for hydroxylation is 1. The zero-order valence-corrected chi connectivity index (χ0v) is 19.6. The fourth-order valence-corrected chi connectivity index (χ4v) is 5.12. The lowest BCUT2D eigenvalue weighted by Gasteiger charge is -2.41. The summed E-state index contributed by atoms with van der Waals surface area (Å²) in [5.41, 5.74) is 5.21. The number of ketones is 1. The van der Waals surface area contributed by atoms with Crippen molar-refractivity contribution < 1.29 is 9.90 Å². The molecule has 1 heterocycles. The maximum absolute atomic E-state index is 13.4. The number of benzene rings is 3.